The van der Waals surface area contributed by atoms with Crippen LogP contribution in [0.25, 0.3) is 0 Å². The second-order valence-corrected chi connectivity index (χ2v) is 3.84. The zero-order chi connectivity index (χ0) is 12.9. The van der Waals surface area contributed by atoms with E-state index in [-0.39, 0.29) is 5.02 Å². The van der Waals surface area contributed by atoms with Crippen LogP contribution in [0.1, 0.15) is 20.7 Å². The van der Waals surface area contributed by atoms with Crippen molar-refractivity contribution in [1.29, 1.82) is 0 Å². The number of ketones is 3. The van der Waals surface area contributed by atoms with Gasteiger partial charge in [-0.05, 0) is 0 Å². The third kappa shape index (κ3) is 1.42. The molecule has 0 spiro atoms. The lowest BCUT2D eigenvalue weighted by Gasteiger charge is -2.19. The zero-order valence-electron chi connectivity index (χ0n) is 8.10. The first-order valence-corrected chi connectivity index (χ1v) is 4.79. The normalized spacial score (nSPS) is 19.4. The van der Waals surface area contributed by atoms with Gasteiger partial charge in [-0.25, -0.2) is 0 Å². The molecule has 1 unspecified atom stereocenters. The quantitative estimate of drug-likeness (QED) is 0.344. The number of carbonyl (C=O) groups excluding carboxylic acids is 3. The summed E-state index contributed by atoms with van der Waals surface area (Å²) in [5.41, 5.74) is -1.26. The van der Waals surface area contributed by atoms with Crippen molar-refractivity contribution in [3.05, 3.63) is 22.2 Å². The van der Waals surface area contributed by atoms with Gasteiger partial charge in [0.15, 0.2) is 6.10 Å². The van der Waals surface area contributed by atoms with E-state index in [1.807, 2.05) is 0 Å². The highest BCUT2D eigenvalue weighted by Crippen LogP contribution is 2.39. The molecule has 0 amide bonds. The number of hydrogen-bond acceptors (Lipinski definition) is 6. The molecule has 1 aliphatic carbocycles. The number of aliphatic hydroxyl groups is 1. The lowest BCUT2D eigenvalue weighted by atomic mass is 9.85. The van der Waals surface area contributed by atoms with Crippen LogP contribution in [0, 0.1) is 0 Å². The van der Waals surface area contributed by atoms with Crippen molar-refractivity contribution < 1.29 is 29.7 Å². The van der Waals surface area contributed by atoms with Crippen LogP contribution in [0.4, 0.5) is 0 Å². The standard InChI is InChI=1S/C10H5ClO6/c11-2-1-3(12)4-5(6(2)13)8(15)10(17)9(16)7(4)14/h1,9,12-13,16H. The number of benzene rings is 1. The second-order valence-electron chi connectivity index (χ2n) is 3.44. The molecule has 17 heavy (non-hydrogen) atoms. The highest BCUT2D eigenvalue weighted by molar-refractivity contribution is 6.54. The number of rotatable bonds is 0. The van der Waals surface area contributed by atoms with Gasteiger partial charge in [0.1, 0.15) is 11.5 Å². The molecule has 1 atom stereocenters. The fourth-order valence-corrected chi connectivity index (χ4v) is 1.80. The molecule has 1 aliphatic rings. The van der Waals surface area contributed by atoms with E-state index in [2.05, 4.69) is 0 Å². The Kier molecular flexibility index (Phi) is 2.41. The number of fused-ring (bicyclic) bond motifs is 1. The number of aromatic hydroxyl groups is 2. The summed E-state index contributed by atoms with van der Waals surface area (Å²) in [4.78, 5) is 34.2. The first-order valence-electron chi connectivity index (χ1n) is 4.41. The molecular formula is C10H5ClO6. The largest absolute Gasteiger partial charge is 0.507 e. The van der Waals surface area contributed by atoms with Gasteiger partial charge >= 0.3 is 0 Å². The molecule has 6 nitrogen and oxygen atoms in total. The minimum Gasteiger partial charge on any atom is -0.507 e. The molecule has 0 saturated heterocycles. The van der Waals surface area contributed by atoms with Gasteiger partial charge in [-0.15, -0.1) is 0 Å². The molecule has 0 heterocycles. The van der Waals surface area contributed by atoms with Crippen molar-refractivity contribution in [2.24, 2.45) is 0 Å². The average Bonchev–Trinajstić information content (AvgIpc) is 2.28. The van der Waals surface area contributed by atoms with Crippen molar-refractivity contribution in [3.8, 4) is 11.5 Å². The number of phenolic OH excluding ortho intramolecular Hbond substituents is 2. The summed E-state index contributed by atoms with van der Waals surface area (Å²) in [5.74, 6) is -5.21. The molecule has 88 valence electrons. The van der Waals surface area contributed by atoms with E-state index in [9.17, 15) is 29.7 Å². The van der Waals surface area contributed by atoms with Crippen LogP contribution >= 0.6 is 11.6 Å². The molecule has 1 aromatic carbocycles. The summed E-state index contributed by atoms with van der Waals surface area (Å²) in [7, 11) is 0. The summed E-state index contributed by atoms with van der Waals surface area (Å²) < 4.78 is 0. The second kappa shape index (κ2) is 3.54. The Hall–Kier alpha value is -1.92. The predicted octanol–water partition coefficient (Wildman–Crippen LogP) is 0.0602. The molecule has 0 aromatic heterocycles. The van der Waals surface area contributed by atoms with Crippen LogP contribution in [0.2, 0.25) is 5.02 Å². The summed E-state index contributed by atoms with van der Waals surface area (Å²) in [6.07, 6.45) is -2.15. The molecule has 3 N–H and O–H groups in total. The van der Waals surface area contributed by atoms with Gasteiger partial charge in [-0.3, -0.25) is 14.4 Å². The Morgan fingerprint density at radius 3 is 2.24 bits per heavy atom. The predicted molar refractivity (Wildman–Crippen MR) is 54.5 cm³/mol. The summed E-state index contributed by atoms with van der Waals surface area (Å²) in [5, 5.41) is 27.8. The minimum atomic E-state index is -2.15. The molecule has 0 saturated carbocycles. The van der Waals surface area contributed by atoms with E-state index in [1.54, 1.807) is 0 Å². The van der Waals surface area contributed by atoms with Crippen molar-refractivity contribution in [2.75, 3.05) is 0 Å². The van der Waals surface area contributed by atoms with Gasteiger partial charge < -0.3 is 15.3 Å². The van der Waals surface area contributed by atoms with Crippen LogP contribution in [-0.4, -0.2) is 38.8 Å². The van der Waals surface area contributed by atoms with Gasteiger partial charge in [0, 0.05) is 6.07 Å². The van der Waals surface area contributed by atoms with E-state index >= 15 is 0 Å². The van der Waals surface area contributed by atoms with Gasteiger partial charge in [0.25, 0.3) is 0 Å². The average molecular weight is 257 g/mol. The molecular weight excluding hydrogens is 252 g/mol. The van der Waals surface area contributed by atoms with Crippen LogP contribution in [0.15, 0.2) is 6.07 Å². The van der Waals surface area contributed by atoms with Crippen LogP contribution in [0.5, 0.6) is 11.5 Å². The smallest absolute Gasteiger partial charge is 0.239 e. The number of carbonyl (C=O) groups is 3. The number of aliphatic hydroxyl groups excluding tert-OH is 1. The van der Waals surface area contributed by atoms with Crippen molar-refractivity contribution in [3.63, 3.8) is 0 Å². The molecule has 2 rings (SSSR count). The SMILES string of the molecule is O=C1C(=O)C(O)C(=O)c2c(O)cc(Cl)c(O)c21. The van der Waals surface area contributed by atoms with Crippen molar-refractivity contribution >= 4 is 29.0 Å². The highest BCUT2D eigenvalue weighted by Gasteiger charge is 2.43. The van der Waals surface area contributed by atoms with Crippen molar-refractivity contribution in [2.45, 2.75) is 6.10 Å². The third-order valence-electron chi connectivity index (χ3n) is 2.43. The minimum absolute atomic E-state index is 0.369. The van der Waals surface area contributed by atoms with Crippen LogP contribution in [0.3, 0.4) is 0 Å². The van der Waals surface area contributed by atoms with E-state index < -0.39 is 46.1 Å². The number of halogens is 1. The zero-order valence-corrected chi connectivity index (χ0v) is 8.85. The van der Waals surface area contributed by atoms with Crippen molar-refractivity contribution in [1.82, 2.24) is 0 Å². The van der Waals surface area contributed by atoms with Gasteiger partial charge in [0.05, 0.1) is 16.1 Å². The fourth-order valence-electron chi connectivity index (χ4n) is 1.60. The fraction of sp³-hybridized carbons (Fsp3) is 0.100. The number of phenols is 2. The Balaban J connectivity index is 2.87. The first-order chi connectivity index (χ1) is 7.86. The molecule has 1 aromatic rings. The maximum Gasteiger partial charge on any atom is 0.239 e. The highest BCUT2D eigenvalue weighted by atomic mass is 35.5. The Morgan fingerprint density at radius 1 is 1.06 bits per heavy atom. The summed E-state index contributed by atoms with van der Waals surface area (Å²) in [6, 6.07) is 0.851. The lowest BCUT2D eigenvalue weighted by molar-refractivity contribution is -0.120. The Labute approximate surface area is 99.1 Å². The Bertz CT molecular complexity index is 577. The first kappa shape index (κ1) is 11.6. The monoisotopic (exact) mass is 256 g/mol. The van der Waals surface area contributed by atoms with E-state index in [4.69, 9.17) is 11.6 Å². The molecule has 0 radical (unpaired) electrons. The molecule has 7 heteroatoms. The van der Waals surface area contributed by atoms with E-state index in [1.165, 1.54) is 0 Å². The maximum absolute atomic E-state index is 11.5. The number of Topliss-reactive ketones (excluding diaryl/α,β-unsaturated/α-hetero) is 3. The summed E-state index contributed by atoms with van der Waals surface area (Å²) >= 11 is 5.50. The van der Waals surface area contributed by atoms with Gasteiger partial charge in [-0.1, -0.05) is 11.6 Å². The van der Waals surface area contributed by atoms with Crippen LogP contribution < -0.4 is 0 Å². The molecule has 0 bridgehead atoms. The summed E-state index contributed by atoms with van der Waals surface area (Å²) in [6.45, 7) is 0. The third-order valence-corrected chi connectivity index (χ3v) is 2.71. The van der Waals surface area contributed by atoms with Crippen LogP contribution in [-0.2, 0) is 4.79 Å². The molecule has 0 aliphatic heterocycles. The Morgan fingerprint density at radius 2 is 1.65 bits per heavy atom. The van der Waals surface area contributed by atoms with E-state index in [0.29, 0.717) is 0 Å². The topological polar surface area (TPSA) is 112 Å². The van der Waals surface area contributed by atoms with E-state index in [0.717, 1.165) is 6.07 Å². The number of hydrogen-bond donors (Lipinski definition) is 3. The van der Waals surface area contributed by atoms with Gasteiger partial charge in [-0.2, -0.15) is 0 Å². The molecule has 0 fully saturated rings. The lowest BCUT2D eigenvalue weighted by Crippen LogP contribution is -2.41. The maximum atomic E-state index is 11.5. The van der Waals surface area contributed by atoms with Gasteiger partial charge in [0.2, 0.25) is 17.3 Å².